The van der Waals surface area contributed by atoms with Crippen molar-refractivity contribution in [2.75, 3.05) is 36.5 Å². The molecule has 1 aromatic carbocycles. The lowest BCUT2D eigenvalue weighted by Crippen LogP contribution is -2.59. The topological polar surface area (TPSA) is 92.6 Å². The fourth-order valence-corrected chi connectivity index (χ4v) is 5.40. The molecule has 3 aromatic rings. The summed E-state index contributed by atoms with van der Waals surface area (Å²) in [6, 6.07) is 9.63. The van der Waals surface area contributed by atoms with Crippen LogP contribution in [0.1, 0.15) is 26.7 Å². The van der Waals surface area contributed by atoms with Gasteiger partial charge < -0.3 is 15.5 Å². The molecule has 2 aliphatic rings. The zero-order valence-corrected chi connectivity index (χ0v) is 20.8. The van der Waals surface area contributed by atoms with Crippen LogP contribution in [0.3, 0.4) is 0 Å². The molecule has 0 bridgehead atoms. The first-order valence-corrected chi connectivity index (χ1v) is 12.1. The number of nitrogens with two attached hydrogens (primary N) is 1. The number of hydrogen-bond donors (Lipinski definition) is 1. The van der Waals surface area contributed by atoms with Gasteiger partial charge in [0.25, 0.3) is 5.56 Å². The van der Waals surface area contributed by atoms with Crippen molar-refractivity contribution < 1.29 is 0 Å². The quantitative estimate of drug-likeness (QED) is 0.577. The molecular formula is C26H33N7O2. The molecule has 0 amide bonds. The third-order valence-electron chi connectivity index (χ3n) is 7.04. The number of piperidine rings is 1. The molecule has 9 heteroatoms. The standard InChI is InChI=1S/C26H33N7O2/c1-17(2)12-15-32-21-23(29(3)25(32)31-14-7-9-19(27)16-31)30(4)26(35)33(24(21)34)22-20-10-6-5-8-18(20)11-13-28-22/h5-6,8,10-13,19,25H,7,9,14-16,27H2,1-4H3/t19-,25?/m0/s1. The number of pyridine rings is 1. The van der Waals surface area contributed by atoms with E-state index in [2.05, 4.69) is 20.9 Å². The van der Waals surface area contributed by atoms with Crippen molar-refractivity contribution in [2.24, 2.45) is 12.8 Å². The van der Waals surface area contributed by atoms with Crippen LogP contribution in [-0.2, 0) is 7.05 Å². The van der Waals surface area contributed by atoms with Gasteiger partial charge in [0.1, 0.15) is 11.5 Å². The van der Waals surface area contributed by atoms with Crippen molar-refractivity contribution in [1.82, 2.24) is 19.0 Å². The van der Waals surface area contributed by atoms with E-state index in [4.69, 9.17) is 5.73 Å². The molecule has 2 aliphatic heterocycles. The van der Waals surface area contributed by atoms with Crippen molar-refractivity contribution >= 4 is 22.3 Å². The van der Waals surface area contributed by atoms with Gasteiger partial charge in [-0.2, -0.15) is 0 Å². The summed E-state index contributed by atoms with van der Waals surface area (Å²) in [7, 11) is 3.67. The zero-order valence-electron chi connectivity index (χ0n) is 20.8. The molecule has 2 N–H and O–H groups in total. The lowest BCUT2D eigenvalue weighted by atomic mass is 10.1. The number of hydrogen-bond acceptors (Lipinski definition) is 7. The molecule has 9 nitrogen and oxygen atoms in total. The van der Waals surface area contributed by atoms with Gasteiger partial charge in [0, 0.05) is 51.4 Å². The minimum absolute atomic E-state index is 0.0894. The van der Waals surface area contributed by atoms with Crippen LogP contribution in [0, 0.1) is 0 Å². The largest absolute Gasteiger partial charge is 0.338 e. The Morgan fingerprint density at radius 2 is 1.94 bits per heavy atom. The SMILES string of the molecule is CC(C)=CCN1c2c(n(C)c(=O)n(-c3nccc4ccccc34)c2=O)N(C)C1N1CCC[C@H](N)C1. The molecule has 0 spiro atoms. The first-order valence-electron chi connectivity index (χ1n) is 12.1. The molecule has 0 aliphatic carbocycles. The molecule has 0 radical (unpaired) electrons. The molecule has 35 heavy (non-hydrogen) atoms. The van der Waals surface area contributed by atoms with E-state index in [0.29, 0.717) is 23.9 Å². The number of fused-ring (bicyclic) bond motifs is 2. The van der Waals surface area contributed by atoms with Crippen LogP contribution in [0.4, 0.5) is 11.5 Å². The highest BCUT2D eigenvalue weighted by Gasteiger charge is 2.43. The summed E-state index contributed by atoms with van der Waals surface area (Å²) in [4.78, 5) is 38.7. The van der Waals surface area contributed by atoms with Crippen LogP contribution in [-0.4, -0.2) is 58.0 Å². The lowest BCUT2D eigenvalue weighted by Gasteiger charge is -2.42. The molecule has 1 fully saturated rings. The monoisotopic (exact) mass is 475 g/mol. The molecule has 1 saturated heterocycles. The number of benzene rings is 1. The predicted molar refractivity (Wildman–Crippen MR) is 140 cm³/mol. The van der Waals surface area contributed by atoms with E-state index in [1.54, 1.807) is 17.8 Å². The van der Waals surface area contributed by atoms with Gasteiger partial charge in [-0.15, -0.1) is 0 Å². The van der Waals surface area contributed by atoms with Gasteiger partial charge in [0.2, 0.25) is 0 Å². The maximum absolute atomic E-state index is 14.1. The van der Waals surface area contributed by atoms with Crippen LogP contribution < -0.4 is 26.8 Å². The number of nitrogens with zero attached hydrogens (tertiary/aromatic N) is 6. The fourth-order valence-electron chi connectivity index (χ4n) is 5.40. The van der Waals surface area contributed by atoms with E-state index in [9.17, 15) is 9.59 Å². The van der Waals surface area contributed by atoms with E-state index in [0.717, 1.165) is 42.3 Å². The van der Waals surface area contributed by atoms with Gasteiger partial charge in [-0.1, -0.05) is 35.9 Å². The highest BCUT2D eigenvalue weighted by atomic mass is 16.2. The van der Waals surface area contributed by atoms with Crippen molar-refractivity contribution in [1.29, 1.82) is 0 Å². The Morgan fingerprint density at radius 1 is 1.17 bits per heavy atom. The van der Waals surface area contributed by atoms with Gasteiger partial charge in [0.05, 0.1) is 0 Å². The first-order chi connectivity index (χ1) is 16.8. The Morgan fingerprint density at radius 3 is 2.69 bits per heavy atom. The Balaban J connectivity index is 1.75. The van der Waals surface area contributed by atoms with Crippen LogP contribution >= 0.6 is 0 Å². The number of allylic oxidation sites excluding steroid dienone is 1. The third-order valence-corrected chi connectivity index (χ3v) is 7.04. The Kier molecular flexibility index (Phi) is 5.98. The van der Waals surface area contributed by atoms with Crippen molar-refractivity contribution in [3.05, 3.63) is 69.0 Å². The summed E-state index contributed by atoms with van der Waals surface area (Å²) in [5.41, 5.74) is 7.23. The van der Waals surface area contributed by atoms with Crippen LogP contribution in [0.15, 0.2) is 57.8 Å². The highest BCUT2D eigenvalue weighted by Crippen LogP contribution is 2.37. The highest BCUT2D eigenvalue weighted by molar-refractivity contribution is 5.88. The molecule has 2 aromatic heterocycles. The van der Waals surface area contributed by atoms with E-state index >= 15 is 0 Å². The van der Waals surface area contributed by atoms with Crippen LogP contribution in [0.2, 0.25) is 0 Å². The number of likely N-dealkylation sites (tertiary alicyclic amines) is 1. The molecule has 0 saturated carbocycles. The summed E-state index contributed by atoms with van der Waals surface area (Å²) in [5.74, 6) is 0.965. The minimum Gasteiger partial charge on any atom is -0.327 e. The fraction of sp³-hybridized carbons (Fsp3) is 0.423. The maximum atomic E-state index is 14.1. The van der Waals surface area contributed by atoms with Gasteiger partial charge in [-0.25, -0.2) is 14.3 Å². The molecule has 1 unspecified atom stereocenters. The minimum atomic E-state index is -0.414. The van der Waals surface area contributed by atoms with Gasteiger partial charge >= 0.3 is 5.69 Å². The Hall–Kier alpha value is -3.43. The summed E-state index contributed by atoms with van der Waals surface area (Å²) in [6.45, 7) is 6.26. The van der Waals surface area contributed by atoms with E-state index in [1.165, 1.54) is 4.57 Å². The van der Waals surface area contributed by atoms with E-state index in [1.807, 2.05) is 56.1 Å². The van der Waals surface area contributed by atoms with Crippen LogP contribution in [0.5, 0.6) is 0 Å². The van der Waals surface area contributed by atoms with Crippen molar-refractivity contribution in [3.8, 4) is 5.82 Å². The second kappa shape index (κ2) is 8.98. The van der Waals surface area contributed by atoms with E-state index in [-0.39, 0.29) is 17.9 Å². The molecular weight excluding hydrogens is 442 g/mol. The maximum Gasteiger partial charge on any atom is 0.338 e. The molecule has 4 heterocycles. The number of anilines is 2. The smallest absolute Gasteiger partial charge is 0.327 e. The zero-order chi connectivity index (χ0) is 24.9. The van der Waals surface area contributed by atoms with Gasteiger partial charge in [-0.3, -0.25) is 14.3 Å². The Bertz CT molecular complexity index is 1410. The van der Waals surface area contributed by atoms with Gasteiger partial charge in [-0.05, 0) is 38.1 Å². The number of aromatic nitrogens is 3. The summed E-state index contributed by atoms with van der Waals surface area (Å²) in [5, 5.41) is 1.68. The van der Waals surface area contributed by atoms with Crippen LogP contribution in [0.25, 0.3) is 16.6 Å². The predicted octanol–water partition coefficient (Wildman–Crippen LogP) is 2.01. The average Bonchev–Trinajstić information content (AvgIpc) is 3.14. The second-order valence-corrected chi connectivity index (χ2v) is 9.80. The lowest BCUT2D eigenvalue weighted by molar-refractivity contribution is 0.149. The third kappa shape index (κ3) is 3.84. The molecule has 5 rings (SSSR count). The first kappa shape index (κ1) is 23.3. The summed E-state index contributed by atoms with van der Waals surface area (Å²) < 4.78 is 2.79. The molecule has 184 valence electrons. The average molecular weight is 476 g/mol. The molecule has 2 atom stereocenters. The van der Waals surface area contributed by atoms with Gasteiger partial charge in [0.15, 0.2) is 12.1 Å². The Labute approximate surface area is 204 Å². The summed E-state index contributed by atoms with van der Waals surface area (Å²) >= 11 is 0. The normalized spacial score (nSPS) is 20.4. The second-order valence-electron chi connectivity index (χ2n) is 9.80. The van der Waals surface area contributed by atoms with E-state index < -0.39 is 5.69 Å². The van der Waals surface area contributed by atoms with Crippen molar-refractivity contribution in [2.45, 2.75) is 39.0 Å². The summed E-state index contributed by atoms with van der Waals surface area (Å²) in [6.07, 6.45) is 5.54. The van der Waals surface area contributed by atoms with Crippen molar-refractivity contribution in [3.63, 3.8) is 0 Å². The number of rotatable bonds is 4.